The summed E-state index contributed by atoms with van der Waals surface area (Å²) in [6.45, 7) is 8.30. The summed E-state index contributed by atoms with van der Waals surface area (Å²) in [5.74, 6) is 0.393. The third-order valence-electron chi connectivity index (χ3n) is 3.44. The zero-order chi connectivity index (χ0) is 15.4. The minimum atomic E-state index is 0.204. The van der Waals surface area contributed by atoms with E-state index >= 15 is 0 Å². The second-order valence-electron chi connectivity index (χ2n) is 5.59. The van der Waals surface area contributed by atoms with Gasteiger partial charge >= 0.3 is 0 Å². The number of para-hydroxylation sites is 1. The largest absolute Gasteiger partial charge is 0.326 e. The molecule has 0 bridgehead atoms. The van der Waals surface area contributed by atoms with Crippen LogP contribution >= 0.6 is 0 Å². The maximum Gasteiger partial charge on any atom is 0.200 e. The van der Waals surface area contributed by atoms with Crippen molar-refractivity contribution >= 4 is 17.3 Å². The van der Waals surface area contributed by atoms with E-state index in [1.165, 1.54) is 5.56 Å². The van der Waals surface area contributed by atoms with Crippen molar-refractivity contribution in [2.45, 2.75) is 33.7 Å². The van der Waals surface area contributed by atoms with Gasteiger partial charge in [-0.1, -0.05) is 30.3 Å². The molecule has 3 heteroatoms. The molecule has 0 radical (unpaired) electrons. The molecule has 0 amide bonds. The summed E-state index contributed by atoms with van der Waals surface area (Å²) in [5, 5.41) is 11.7. The molecule has 2 aromatic rings. The van der Waals surface area contributed by atoms with Crippen LogP contribution in [0.25, 0.3) is 0 Å². The molecule has 0 heterocycles. The van der Waals surface area contributed by atoms with Crippen LogP contribution in [0.1, 0.15) is 25.0 Å². The molecule has 0 aromatic heterocycles. The molecule has 0 aliphatic carbocycles. The van der Waals surface area contributed by atoms with Crippen LogP contribution in [-0.4, -0.2) is 12.0 Å². The first-order valence-corrected chi connectivity index (χ1v) is 7.26. The Labute approximate surface area is 127 Å². The summed E-state index contributed by atoms with van der Waals surface area (Å²) in [5.41, 5.74) is 4.34. The molecule has 0 saturated carbocycles. The Kier molecular flexibility index (Phi) is 4.63. The number of anilines is 2. The molecule has 2 N–H and O–H groups in total. The van der Waals surface area contributed by atoms with E-state index < -0.39 is 0 Å². The van der Waals surface area contributed by atoms with Crippen LogP contribution in [0.5, 0.6) is 0 Å². The molecule has 21 heavy (non-hydrogen) atoms. The van der Waals surface area contributed by atoms with E-state index in [0.29, 0.717) is 5.96 Å². The quantitative estimate of drug-likeness (QED) is 0.639. The monoisotopic (exact) mass is 281 g/mol. The summed E-state index contributed by atoms with van der Waals surface area (Å²) in [6.07, 6.45) is 0. The van der Waals surface area contributed by atoms with Crippen molar-refractivity contribution in [2.24, 2.45) is 0 Å². The molecular formula is C18H23N3. The Morgan fingerprint density at radius 1 is 1.05 bits per heavy atom. The zero-order valence-electron chi connectivity index (χ0n) is 13.1. The number of benzene rings is 2. The molecule has 0 spiro atoms. The molecule has 110 valence electrons. The van der Waals surface area contributed by atoms with Gasteiger partial charge < -0.3 is 10.2 Å². The highest BCUT2D eigenvalue weighted by atomic mass is 15.3. The fourth-order valence-electron chi connectivity index (χ4n) is 2.36. The highest BCUT2D eigenvalue weighted by molar-refractivity contribution is 6.04. The van der Waals surface area contributed by atoms with Gasteiger partial charge in [-0.3, -0.25) is 5.41 Å². The standard InChI is InChI=1S/C18H23N3/c1-13(2)21(16-10-7-8-14(3)12-16)18(19)20-17-11-6-5-9-15(17)4/h5-13H,1-4H3,(H2,19,20). The number of hydrogen-bond acceptors (Lipinski definition) is 1. The number of rotatable bonds is 3. The first-order valence-electron chi connectivity index (χ1n) is 7.26. The number of nitrogens with zero attached hydrogens (tertiary/aromatic N) is 1. The van der Waals surface area contributed by atoms with Gasteiger partial charge in [-0.05, 0) is 57.0 Å². The number of guanidine groups is 1. The van der Waals surface area contributed by atoms with Crippen LogP contribution in [0, 0.1) is 19.3 Å². The van der Waals surface area contributed by atoms with Crippen LogP contribution < -0.4 is 10.2 Å². The smallest absolute Gasteiger partial charge is 0.200 e. The van der Waals surface area contributed by atoms with Crippen molar-refractivity contribution < 1.29 is 0 Å². The first-order chi connectivity index (χ1) is 9.99. The Hall–Kier alpha value is -2.29. The lowest BCUT2D eigenvalue weighted by molar-refractivity contribution is 0.802. The molecule has 0 saturated heterocycles. The Bertz CT molecular complexity index is 632. The molecule has 0 unspecified atom stereocenters. The average Bonchev–Trinajstić information content (AvgIpc) is 2.41. The molecule has 0 aliphatic rings. The van der Waals surface area contributed by atoms with E-state index in [-0.39, 0.29) is 6.04 Å². The molecule has 2 rings (SSSR count). The second-order valence-corrected chi connectivity index (χ2v) is 5.59. The SMILES string of the molecule is Cc1cccc(N(C(=N)Nc2ccccc2C)C(C)C)c1. The summed E-state index contributed by atoms with van der Waals surface area (Å²) in [4.78, 5) is 2.00. The molecular weight excluding hydrogens is 258 g/mol. The Balaban J connectivity index is 2.27. The van der Waals surface area contributed by atoms with Crippen molar-refractivity contribution in [3.63, 3.8) is 0 Å². The van der Waals surface area contributed by atoms with E-state index in [1.807, 2.05) is 48.2 Å². The van der Waals surface area contributed by atoms with Gasteiger partial charge in [0.25, 0.3) is 0 Å². The zero-order valence-corrected chi connectivity index (χ0v) is 13.1. The third-order valence-corrected chi connectivity index (χ3v) is 3.44. The van der Waals surface area contributed by atoms with Crippen molar-refractivity contribution in [2.75, 3.05) is 10.2 Å². The average molecular weight is 281 g/mol. The van der Waals surface area contributed by atoms with Gasteiger partial charge in [-0.15, -0.1) is 0 Å². The van der Waals surface area contributed by atoms with E-state index in [4.69, 9.17) is 5.41 Å². The number of aryl methyl sites for hydroxylation is 2. The predicted octanol–water partition coefficient (Wildman–Crippen LogP) is 4.57. The van der Waals surface area contributed by atoms with Gasteiger partial charge in [0.15, 0.2) is 5.96 Å². The van der Waals surface area contributed by atoms with Crippen LogP contribution in [0.15, 0.2) is 48.5 Å². The molecule has 0 fully saturated rings. The number of hydrogen-bond donors (Lipinski definition) is 2. The first kappa shape index (κ1) is 15.1. The summed E-state index contributed by atoms with van der Waals surface area (Å²) < 4.78 is 0. The fraction of sp³-hybridized carbons (Fsp3) is 0.278. The third kappa shape index (κ3) is 3.63. The highest BCUT2D eigenvalue weighted by Gasteiger charge is 2.16. The van der Waals surface area contributed by atoms with Gasteiger partial charge in [-0.2, -0.15) is 0 Å². The van der Waals surface area contributed by atoms with E-state index in [1.54, 1.807) is 0 Å². The lowest BCUT2D eigenvalue weighted by atomic mass is 10.2. The van der Waals surface area contributed by atoms with Crippen molar-refractivity contribution in [1.82, 2.24) is 0 Å². The molecule has 0 atom stereocenters. The van der Waals surface area contributed by atoms with Gasteiger partial charge in [0.2, 0.25) is 0 Å². The normalized spacial score (nSPS) is 10.5. The minimum absolute atomic E-state index is 0.204. The Morgan fingerprint density at radius 2 is 1.76 bits per heavy atom. The van der Waals surface area contributed by atoms with E-state index in [2.05, 4.69) is 38.2 Å². The number of nitrogens with one attached hydrogen (secondary N) is 2. The highest BCUT2D eigenvalue weighted by Crippen LogP contribution is 2.21. The predicted molar refractivity (Wildman–Crippen MR) is 91.3 cm³/mol. The Morgan fingerprint density at radius 3 is 2.38 bits per heavy atom. The lowest BCUT2D eigenvalue weighted by Crippen LogP contribution is -2.41. The fourth-order valence-corrected chi connectivity index (χ4v) is 2.36. The van der Waals surface area contributed by atoms with Crippen LogP contribution in [-0.2, 0) is 0 Å². The maximum atomic E-state index is 8.43. The molecule has 2 aromatic carbocycles. The van der Waals surface area contributed by atoms with Crippen molar-refractivity contribution in [3.8, 4) is 0 Å². The van der Waals surface area contributed by atoms with Crippen molar-refractivity contribution in [1.29, 1.82) is 5.41 Å². The lowest BCUT2D eigenvalue weighted by Gasteiger charge is -2.30. The van der Waals surface area contributed by atoms with Crippen LogP contribution in [0.4, 0.5) is 11.4 Å². The van der Waals surface area contributed by atoms with Crippen molar-refractivity contribution in [3.05, 3.63) is 59.7 Å². The topological polar surface area (TPSA) is 39.1 Å². The molecule has 3 nitrogen and oxygen atoms in total. The summed E-state index contributed by atoms with van der Waals surface area (Å²) in [6, 6.07) is 16.5. The minimum Gasteiger partial charge on any atom is -0.326 e. The van der Waals surface area contributed by atoms with E-state index in [9.17, 15) is 0 Å². The molecule has 0 aliphatic heterocycles. The van der Waals surface area contributed by atoms with Gasteiger partial charge in [0, 0.05) is 17.4 Å². The van der Waals surface area contributed by atoms with E-state index in [0.717, 1.165) is 16.9 Å². The summed E-state index contributed by atoms with van der Waals surface area (Å²) >= 11 is 0. The van der Waals surface area contributed by atoms with Crippen LogP contribution in [0.2, 0.25) is 0 Å². The van der Waals surface area contributed by atoms with Gasteiger partial charge in [-0.25, -0.2) is 0 Å². The second kappa shape index (κ2) is 6.44. The van der Waals surface area contributed by atoms with Crippen LogP contribution in [0.3, 0.4) is 0 Å². The van der Waals surface area contributed by atoms with Gasteiger partial charge in [0.05, 0.1) is 0 Å². The summed E-state index contributed by atoms with van der Waals surface area (Å²) in [7, 11) is 0. The van der Waals surface area contributed by atoms with Gasteiger partial charge in [0.1, 0.15) is 0 Å². The maximum absolute atomic E-state index is 8.43.